The van der Waals surface area contributed by atoms with Crippen LogP contribution in [0.5, 0.6) is 0 Å². The Bertz CT molecular complexity index is 1640. The molecule has 0 fully saturated rings. The number of pyridine rings is 1. The number of para-hydroxylation sites is 1. The molecule has 0 aliphatic carbocycles. The number of nitrogens with one attached hydrogen (secondary N) is 1. The third-order valence-electron chi connectivity index (χ3n) is 6.07. The molecule has 0 bridgehead atoms. The third-order valence-corrected chi connectivity index (χ3v) is 6.07. The molecule has 0 unspecified atom stereocenters. The molecule has 1 amide bonds. The van der Waals surface area contributed by atoms with Crippen molar-refractivity contribution in [2.24, 2.45) is 0 Å². The Morgan fingerprint density at radius 1 is 0.919 bits per heavy atom. The van der Waals surface area contributed by atoms with Gasteiger partial charge in [0, 0.05) is 23.5 Å². The second-order valence-electron chi connectivity index (χ2n) is 8.58. The number of carboxylic acids is 1. The summed E-state index contributed by atoms with van der Waals surface area (Å²) in [6.45, 7) is 0.278. The standard InChI is InChI=1S/C28H20F3N3O3/c29-28(30,31)21-13-20-11-12-34(16-22-10-9-18-3-1-2-4-24(18)33-22)25(20)23(14-21)26(35)32-15-17-5-7-19(8-6-17)27(36)37/h1-14H,15-16H2,(H,32,35)(H,36,37). The van der Waals surface area contributed by atoms with E-state index < -0.39 is 23.6 Å². The maximum absolute atomic E-state index is 13.6. The number of aromatic nitrogens is 2. The lowest BCUT2D eigenvalue weighted by Crippen LogP contribution is -2.24. The Morgan fingerprint density at radius 3 is 2.41 bits per heavy atom. The number of fused-ring (bicyclic) bond motifs is 2. The van der Waals surface area contributed by atoms with Crippen LogP contribution >= 0.6 is 0 Å². The second-order valence-corrected chi connectivity index (χ2v) is 8.58. The highest BCUT2D eigenvalue weighted by Crippen LogP contribution is 2.34. The van der Waals surface area contributed by atoms with Gasteiger partial charge >= 0.3 is 12.1 Å². The fourth-order valence-electron chi connectivity index (χ4n) is 4.23. The number of carbonyl (C=O) groups is 2. The van der Waals surface area contributed by atoms with Crippen LogP contribution in [0.1, 0.15) is 37.5 Å². The van der Waals surface area contributed by atoms with Crippen molar-refractivity contribution in [1.29, 1.82) is 0 Å². The first kappa shape index (κ1) is 24.1. The minimum Gasteiger partial charge on any atom is -0.478 e. The highest BCUT2D eigenvalue weighted by Gasteiger charge is 2.32. The lowest BCUT2D eigenvalue weighted by Gasteiger charge is -2.14. The molecule has 0 saturated carbocycles. The number of carboxylic acid groups (broad SMARTS) is 1. The lowest BCUT2D eigenvalue weighted by molar-refractivity contribution is -0.137. The van der Waals surface area contributed by atoms with Gasteiger partial charge in [0.1, 0.15) is 0 Å². The summed E-state index contributed by atoms with van der Waals surface area (Å²) in [5.74, 6) is -1.76. The van der Waals surface area contributed by atoms with E-state index in [1.807, 2.05) is 36.4 Å². The maximum atomic E-state index is 13.6. The molecular formula is C28H20F3N3O3. The van der Waals surface area contributed by atoms with Gasteiger partial charge in [0.15, 0.2) is 0 Å². The summed E-state index contributed by atoms with van der Waals surface area (Å²) in [5.41, 5.74) is 1.52. The zero-order valence-corrected chi connectivity index (χ0v) is 19.3. The van der Waals surface area contributed by atoms with Crippen LogP contribution in [0.15, 0.2) is 85.1 Å². The molecule has 0 aliphatic heterocycles. The first-order valence-corrected chi connectivity index (χ1v) is 11.3. The number of hydrogen-bond donors (Lipinski definition) is 2. The normalized spacial score (nSPS) is 11.6. The van der Waals surface area contributed by atoms with Gasteiger partial charge in [-0.3, -0.25) is 9.78 Å². The Morgan fingerprint density at radius 2 is 1.68 bits per heavy atom. The molecule has 2 heterocycles. The van der Waals surface area contributed by atoms with E-state index in [0.29, 0.717) is 16.8 Å². The lowest BCUT2D eigenvalue weighted by atomic mass is 10.0. The molecule has 0 aliphatic rings. The number of alkyl halides is 3. The Kier molecular flexibility index (Phi) is 6.12. The minimum absolute atomic E-state index is 0.0173. The third kappa shape index (κ3) is 5.02. The average molecular weight is 503 g/mol. The van der Waals surface area contributed by atoms with Crippen molar-refractivity contribution in [2.75, 3.05) is 0 Å². The first-order chi connectivity index (χ1) is 17.7. The van der Waals surface area contributed by atoms with Gasteiger partial charge in [-0.05, 0) is 48.0 Å². The molecule has 0 radical (unpaired) electrons. The van der Waals surface area contributed by atoms with Gasteiger partial charge in [0.05, 0.1) is 40.0 Å². The van der Waals surface area contributed by atoms with Gasteiger partial charge in [-0.2, -0.15) is 13.2 Å². The molecule has 5 aromatic rings. The summed E-state index contributed by atoms with van der Waals surface area (Å²) in [4.78, 5) is 28.8. The zero-order chi connectivity index (χ0) is 26.2. The van der Waals surface area contributed by atoms with Crippen LogP contribution in [-0.4, -0.2) is 26.5 Å². The van der Waals surface area contributed by atoms with E-state index in [4.69, 9.17) is 5.11 Å². The Hall–Kier alpha value is -4.66. The molecule has 9 heteroatoms. The SMILES string of the molecule is O=C(O)c1ccc(CNC(=O)c2cc(C(F)(F)F)cc3ccn(Cc4ccc5ccccc5n4)c23)cc1. The van der Waals surface area contributed by atoms with Crippen LogP contribution in [0.3, 0.4) is 0 Å². The van der Waals surface area contributed by atoms with Crippen LogP contribution in [0.4, 0.5) is 13.2 Å². The van der Waals surface area contributed by atoms with Gasteiger partial charge in [-0.15, -0.1) is 0 Å². The smallest absolute Gasteiger partial charge is 0.416 e. The topological polar surface area (TPSA) is 84.2 Å². The van der Waals surface area contributed by atoms with Gasteiger partial charge in [-0.1, -0.05) is 36.4 Å². The Labute approximate surface area is 209 Å². The van der Waals surface area contributed by atoms with E-state index in [1.165, 1.54) is 12.1 Å². The summed E-state index contributed by atoms with van der Waals surface area (Å²) in [6, 6.07) is 20.7. The highest BCUT2D eigenvalue weighted by atomic mass is 19.4. The molecule has 3 aromatic carbocycles. The monoisotopic (exact) mass is 503 g/mol. The van der Waals surface area contributed by atoms with Crippen molar-refractivity contribution in [2.45, 2.75) is 19.3 Å². The summed E-state index contributed by atoms with van der Waals surface area (Å²) < 4.78 is 42.6. The number of halogens is 3. The quantitative estimate of drug-likeness (QED) is 0.303. The van der Waals surface area contributed by atoms with Crippen LogP contribution in [-0.2, 0) is 19.3 Å². The summed E-state index contributed by atoms with van der Waals surface area (Å²) in [6.07, 6.45) is -2.99. The predicted octanol–water partition coefficient (Wildman–Crippen LogP) is 5.88. The predicted molar refractivity (Wildman–Crippen MR) is 132 cm³/mol. The number of benzene rings is 3. The van der Waals surface area contributed by atoms with E-state index >= 15 is 0 Å². The first-order valence-electron chi connectivity index (χ1n) is 11.3. The minimum atomic E-state index is -4.63. The van der Waals surface area contributed by atoms with Gasteiger partial charge in [0.2, 0.25) is 0 Å². The maximum Gasteiger partial charge on any atom is 0.416 e. The largest absolute Gasteiger partial charge is 0.478 e. The van der Waals surface area contributed by atoms with E-state index in [9.17, 15) is 22.8 Å². The van der Waals surface area contributed by atoms with Crippen LogP contribution in [0.25, 0.3) is 21.8 Å². The number of hydrogen-bond acceptors (Lipinski definition) is 3. The van der Waals surface area contributed by atoms with E-state index in [1.54, 1.807) is 29.0 Å². The van der Waals surface area contributed by atoms with Crippen molar-refractivity contribution >= 4 is 33.7 Å². The van der Waals surface area contributed by atoms with E-state index in [2.05, 4.69) is 10.3 Å². The molecule has 2 aromatic heterocycles. The van der Waals surface area contributed by atoms with Crippen LogP contribution in [0.2, 0.25) is 0 Å². The number of amides is 1. The molecule has 0 saturated heterocycles. The number of nitrogens with zero attached hydrogens (tertiary/aromatic N) is 2. The Balaban J connectivity index is 1.49. The summed E-state index contributed by atoms with van der Waals surface area (Å²) in [7, 11) is 0. The summed E-state index contributed by atoms with van der Waals surface area (Å²) in [5, 5.41) is 12.9. The highest BCUT2D eigenvalue weighted by molar-refractivity contribution is 6.06. The molecular weight excluding hydrogens is 483 g/mol. The van der Waals surface area contributed by atoms with Crippen molar-refractivity contribution in [1.82, 2.24) is 14.9 Å². The fourth-order valence-corrected chi connectivity index (χ4v) is 4.23. The molecule has 37 heavy (non-hydrogen) atoms. The molecule has 5 rings (SSSR count). The molecule has 186 valence electrons. The van der Waals surface area contributed by atoms with Crippen molar-refractivity contribution < 1.29 is 27.9 Å². The van der Waals surface area contributed by atoms with E-state index in [0.717, 1.165) is 23.0 Å². The van der Waals surface area contributed by atoms with Crippen molar-refractivity contribution in [3.63, 3.8) is 0 Å². The zero-order valence-electron chi connectivity index (χ0n) is 19.3. The average Bonchev–Trinajstić information content (AvgIpc) is 3.29. The molecule has 6 nitrogen and oxygen atoms in total. The summed E-state index contributed by atoms with van der Waals surface area (Å²) >= 11 is 0. The number of rotatable bonds is 6. The van der Waals surface area contributed by atoms with Gasteiger partial charge in [0.25, 0.3) is 5.91 Å². The van der Waals surface area contributed by atoms with Gasteiger partial charge < -0.3 is 15.0 Å². The van der Waals surface area contributed by atoms with Crippen LogP contribution in [0, 0.1) is 0 Å². The second kappa shape index (κ2) is 9.42. The number of aromatic carboxylic acids is 1. The van der Waals surface area contributed by atoms with Gasteiger partial charge in [-0.25, -0.2) is 4.79 Å². The van der Waals surface area contributed by atoms with Crippen LogP contribution < -0.4 is 5.32 Å². The fraction of sp³-hybridized carbons (Fsp3) is 0.107. The molecule has 2 N–H and O–H groups in total. The van der Waals surface area contributed by atoms with E-state index in [-0.39, 0.29) is 29.6 Å². The molecule has 0 spiro atoms. The van der Waals surface area contributed by atoms with Crippen molar-refractivity contribution in [3.8, 4) is 0 Å². The van der Waals surface area contributed by atoms with Crippen molar-refractivity contribution in [3.05, 3.63) is 113 Å². The number of carbonyl (C=O) groups excluding carboxylic acids is 1. The molecule has 0 atom stereocenters.